The van der Waals surface area contributed by atoms with Gasteiger partial charge in [-0.05, 0) is 62.3 Å². The maximum atomic E-state index is 12.6. The number of ether oxygens (including phenoxy) is 2. The number of alkyl halides is 3. The molecule has 0 radical (unpaired) electrons. The van der Waals surface area contributed by atoms with E-state index < -0.39 is 26.6 Å². The minimum absolute atomic E-state index is 0.00622. The zero-order chi connectivity index (χ0) is 35.1. The van der Waals surface area contributed by atoms with Crippen LogP contribution in [0, 0.1) is 0 Å². The SMILES string of the molecule is CCCCCCCC/C=C\CCCCCCCC(=O)N[C@@H](COP(=O)(O)O)Cc1ccc(OCc2cc(OCC(F)(F)F)ccn2)cc1. The van der Waals surface area contributed by atoms with Gasteiger partial charge in [-0.25, -0.2) is 4.57 Å². The third-order valence-corrected chi connectivity index (χ3v) is 7.94. The number of halogens is 3. The number of carbonyl (C=O) groups excluding carboxylic acids is 1. The Hall–Kier alpha value is -2.92. The van der Waals surface area contributed by atoms with E-state index in [4.69, 9.17) is 14.0 Å². The lowest BCUT2D eigenvalue weighted by Crippen LogP contribution is -2.39. The van der Waals surface area contributed by atoms with Crippen LogP contribution in [-0.2, 0) is 26.9 Å². The lowest BCUT2D eigenvalue weighted by Gasteiger charge is -2.19. The minimum Gasteiger partial charge on any atom is -0.487 e. The first-order chi connectivity index (χ1) is 22.9. The Balaban J connectivity index is 1.70. The summed E-state index contributed by atoms with van der Waals surface area (Å²) in [6, 6.07) is 8.86. The Bertz CT molecular complexity index is 1240. The third kappa shape index (κ3) is 21.9. The zero-order valence-corrected chi connectivity index (χ0v) is 28.9. The van der Waals surface area contributed by atoms with Gasteiger partial charge in [0.1, 0.15) is 18.1 Å². The molecule has 0 aliphatic carbocycles. The van der Waals surface area contributed by atoms with Crippen LogP contribution in [0.4, 0.5) is 13.2 Å². The molecule has 48 heavy (non-hydrogen) atoms. The summed E-state index contributed by atoms with van der Waals surface area (Å²) in [5.74, 6) is 0.290. The van der Waals surface area contributed by atoms with Gasteiger partial charge in [-0.15, -0.1) is 0 Å². The van der Waals surface area contributed by atoms with E-state index in [2.05, 4.69) is 29.4 Å². The largest absolute Gasteiger partial charge is 0.487 e. The Kier molecular flexibility index (Phi) is 20.1. The number of hydrogen-bond acceptors (Lipinski definition) is 6. The number of phosphoric acid groups is 1. The number of phosphoric ester groups is 1. The number of hydrogen-bond donors (Lipinski definition) is 3. The highest BCUT2D eigenvalue weighted by Gasteiger charge is 2.28. The molecule has 0 fully saturated rings. The fourth-order valence-electron chi connectivity index (χ4n) is 4.95. The van der Waals surface area contributed by atoms with E-state index in [0.29, 0.717) is 17.9 Å². The highest BCUT2D eigenvalue weighted by molar-refractivity contribution is 7.46. The number of aromatic nitrogens is 1. The predicted octanol–water partition coefficient (Wildman–Crippen LogP) is 8.78. The molecule has 1 atom stereocenters. The van der Waals surface area contributed by atoms with E-state index in [1.54, 1.807) is 24.3 Å². The van der Waals surface area contributed by atoms with Crippen LogP contribution in [0.25, 0.3) is 0 Å². The number of unbranched alkanes of at least 4 members (excludes halogenated alkanes) is 11. The normalized spacial score (nSPS) is 12.7. The number of nitrogens with one attached hydrogen (secondary N) is 1. The average molecular weight is 701 g/mol. The van der Waals surface area contributed by atoms with Crippen molar-refractivity contribution in [2.45, 2.75) is 122 Å². The Morgan fingerprint density at radius 2 is 1.52 bits per heavy atom. The van der Waals surface area contributed by atoms with Crippen LogP contribution in [0.2, 0.25) is 0 Å². The summed E-state index contributed by atoms with van der Waals surface area (Å²) in [6.07, 6.45) is 17.1. The first kappa shape index (κ1) is 41.3. The van der Waals surface area contributed by atoms with Gasteiger partial charge in [0.2, 0.25) is 5.91 Å². The molecule has 9 nitrogen and oxygen atoms in total. The van der Waals surface area contributed by atoms with Gasteiger partial charge in [0.05, 0.1) is 18.3 Å². The van der Waals surface area contributed by atoms with Crippen molar-refractivity contribution in [1.29, 1.82) is 0 Å². The second kappa shape index (κ2) is 23.4. The maximum absolute atomic E-state index is 12.6. The van der Waals surface area contributed by atoms with Crippen molar-refractivity contribution in [3.05, 3.63) is 66.0 Å². The quantitative estimate of drug-likeness (QED) is 0.0505. The molecule has 1 amide bonds. The number of benzene rings is 1. The second-order valence-electron chi connectivity index (χ2n) is 11.9. The number of carbonyl (C=O) groups is 1. The summed E-state index contributed by atoms with van der Waals surface area (Å²) >= 11 is 0. The van der Waals surface area contributed by atoms with Crippen molar-refractivity contribution in [2.24, 2.45) is 0 Å². The van der Waals surface area contributed by atoms with Crippen molar-refractivity contribution < 1.29 is 46.3 Å². The fraction of sp³-hybridized carbons (Fsp3) is 0.600. The second-order valence-corrected chi connectivity index (χ2v) is 13.1. The van der Waals surface area contributed by atoms with Crippen LogP contribution < -0.4 is 14.8 Å². The molecule has 0 spiro atoms. The molecule has 0 aliphatic rings. The van der Waals surface area contributed by atoms with Gasteiger partial charge in [-0.3, -0.25) is 14.3 Å². The van der Waals surface area contributed by atoms with Gasteiger partial charge < -0.3 is 24.6 Å². The summed E-state index contributed by atoms with van der Waals surface area (Å²) in [7, 11) is -4.73. The number of allylic oxidation sites excluding steroid dienone is 2. The van der Waals surface area contributed by atoms with Gasteiger partial charge >= 0.3 is 14.0 Å². The van der Waals surface area contributed by atoms with Crippen LogP contribution >= 0.6 is 7.82 Å². The number of rotatable bonds is 26. The summed E-state index contributed by atoms with van der Waals surface area (Å²) in [5, 5.41) is 2.84. The lowest BCUT2D eigenvalue weighted by atomic mass is 10.1. The van der Waals surface area contributed by atoms with Crippen molar-refractivity contribution in [3.8, 4) is 11.5 Å². The zero-order valence-electron chi connectivity index (χ0n) is 28.0. The standard InChI is InChI=1S/C35H52F3N2O7P/c1-2-3-4-5-6-7-8-9-10-11-12-13-14-15-16-17-34(41)40-31(27-47-48(42,43)44)24-29-18-20-32(21-19-29)45-26-30-25-33(22-23-39-30)46-28-35(36,37)38/h9-10,18-23,25,31H,2-8,11-17,24,26-28H2,1H3,(H,40,41)(H2,42,43,44)/b10-9-/t31-/m1/s1. The van der Waals surface area contributed by atoms with Crippen molar-refractivity contribution in [2.75, 3.05) is 13.2 Å². The van der Waals surface area contributed by atoms with Crippen LogP contribution in [0.1, 0.15) is 108 Å². The summed E-state index contributed by atoms with van der Waals surface area (Å²) < 4.78 is 63.7. The first-order valence-corrected chi connectivity index (χ1v) is 18.5. The van der Waals surface area contributed by atoms with Crippen LogP contribution in [0.5, 0.6) is 11.5 Å². The summed E-state index contributed by atoms with van der Waals surface area (Å²) in [4.78, 5) is 35.1. The van der Waals surface area contributed by atoms with Crippen LogP contribution in [-0.4, -0.2) is 46.1 Å². The van der Waals surface area contributed by atoms with Crippen LogP contribution in [0.15, 0.2) is 54.7 Å². The fourth-order valence-corrected chi connectivity index (χ4v) is 5.32. The van der Waals surface area contributed by atoms with Crippen molar-refractivity contribution in [1.82, 2.24) is 10.3 Å². The molecule has 0 unspecified atom stereocenters. The first-order valence-electron chi connectivity index (χ1n) is 16.9. The van der Waals surface area contributed by atoms with E-state index in [1.165, 1.54) is 56.9 Å². The molecule has 2 rings (SSSR count). The summed E-state index contributed by atoms with van der Waals surface area (Å²) in [6.45, 7) is 0.458. The highest BCUT2D eigenvalue weighted by atomic mass is 31.2. The van der Waals surface area contributed by atoms with Crippen molar-refractivity contribution in [3.63, 3.8) is 0 Å². The monoisotopic (exact) mass is 700 g/mol. The molecule has 0 bridgehead atoms. The van der Waals surface area contributed by atoms with E-state index in [9.17, 15) is 32.3 Å². The molecular weight excluding hydrogens is 648 g/mol. The van der Waals surface area contributed by atoms with Gasteiger partial charge in [0.25, 0.3) is 0 Å². The molecule has 2 aromatic rings. The molecular formula is C35H52F3N2O7P. The highest BCUT2D eigenvalue weighted by Crippen LogP contribution is 2.36. The maximum Gasteiger partial charge on any atom is 0.469 e. The molecule has 270 valence electrons. The van der Waals surface area contributed by atoms with Gasteiger partial charge in [0.15, 0.2) is 6.61 Å². The number of amides is 1. The Morgan fingerprint density at radius 1 is 0.896 bits per heavy atom. The molecule has 1 heterocycles. The summed E-state index contributed by atoms with van der Waals surface area (Å²) in [5.41, 5.74) is 1.14. The van der Waals surface area contributed by atoms with E-state index in [0.717, 1.165) is 50.5 Å². The Labute approximate surface area is 282 Å². The van der Waals surface area contributed by atoms with E-state index >= 15 is 0 Å². The average Bonchev–Trinajstić information content (AvgIpc) is 3.03. The molecule has 1 aromatic carbocycles. The predicted molar refractivity (Wildman–Crippen MR) is 180 cm³/mol. The molecule has 0 saturated carbocycles. The molecule has 0 saturated heterocycles. The lowest BCUT2D eigenvalue weighted by molar-refractivity contribution is -0.153. The molecule has 3 N–H and O–H groups in total. The van der Waals surface area contributed by atoms with E-state index in [1.807, 2.05) is 0 Å². The van der Waals surface area contributed by atoms with Gasteiger partial charge in [-0.1, -0.05) is 82.6 Å². The minimum atomic E-state index is -4.73. The van der Waals surface area contributed by atoms with Gasteiger partial charge in [0, 0.05) is 18.7 Å². The van der Waals surface area contributed by atoms with Gasteiger partial charge in [-0.2, -0.15) is 13.2 Å². The number of pyridine rings is 1. The van der Waals surface area contributed by atoms with E-state index in [-0.39, 0.29) is 31.3 Å². The van der Waals surface area contributed by atoms with Crippen molar-refractivity contribution >= 4 is 13.7 Å². The van der Waals surface area contributed by atoms with Crippen LogP contribution in [0.3, 0.4) is 0 Å². The third-order valence-electron chi connectivity index (χ3n) is 7.46. The molecule has 1 aromatic heterocycles. The number of nitrogens with zero attached hydrogens (tertiary/aromatic N) is 1. The smallest absolute Gasteiger partial charge is 0.469 e. The molecule has 13 heteroatoms. The Morgan fingerprint density at radius 3 is 2.15 bits per heavy atom. The molecule has 0 aliphatic heterocycles. The topological polar surface area (TPSA) is 127 Å².